The van der Waals surface area contributed by atoms with Gasteiger partial charge in [-0.15, -0.1) is 0 Å². The third-order valence-electron chi connectivity index (χ3n) is 6.70. The minimum atomic E-state index is -1.71. The highest BCUT2D eigenvalue weighted by Gasteiger charge is 2.33. The number of phenolic OH excluding ortho intramolecular Hbond substituents is 1. The number of aromatic nitrogens is 1. The molecule has 4 unspecified atom stereocenters. The third-order valence-corrected chi connectivity index (χ3v) is 6.70. The van der Waals surface area contributed by atoms with Gasteiger partial charge in [0.25, 0.3) is 0 Å². The van der Waals surface area contributed by atoms with Crippen LogP contribution in [0.2, 0.25) is 0 Å². The first-order valence-corrected chi connectivity index (χ1v) is 13.3. The van der Waals surface area contributed by atoms with Gasteiger partial charge in [0.1, 0.15) is 23.9 Å². The summed E-state index contributed by atoms with van der Waals surface area (Å²) in [4.78, 5) is 65.2. The Hall–Kier alpha value is -4.91. The van der Waals surface area contributed by atoms with Gasteiger partial charge >= 0.3 is 11.9 Å². The van der Waals surface area contributed by atoms with E-state index < -0.39 is 66.2 Å². The van der Waals surface area contributed by atoms with Crippen LogP contribution >= 0.6 is 0 Å². The van der Waals surface area contributed by atoms with Gasteiger partial charge in [0.15, 0.2) is 0 Å². The van der Waals surface area contributed by atoms with Crippen molar-refractivity contribution < 1.29 is 39.3 Å². The van der Waals surface area contributed by atoms with E-state index in [-0.39, 0.29) is 18.6 Å². The van der Waals surface area contributed by atoms with Crippen LogP contribution < -0.4 is 21.7 Å². The highest BCUT2D eigenvalue weighted by atomic mass is 16.4. The largest absolute Gasteiger partial charge is 0.508 e. The first-order chi connectivity index (χ1) is 19.8. The molecule has 0 aliphatic rings. The Morgan fingerprint density at radius 3 is 2.10 bits per heavy atom. The molecule has 3 amide bonds. The lowest BCUT2D eigenvalue weighted by atomic mass is 9.99. The molecule has 2 aromatic carbocycles. The Labute approximate surface area is 241 Å². The van der Waals surface area contributed by atoms with E-state index in [4.69, 9.17) is 10.8 Å². The number of aromatic amines is 1. The number of amides is 3. The summed E-state index contributed by atoms with van der Waals surface area (Å²) in [6.07, 6.45) is 1.08. The molecule has 3 rings (SSSR count). The van der Waals surface area contributed by atoms with E-state index in [0.717, 1.165) is 16.5 Å². The second-order valence-corrected chi connectivity index (χ2v) is 10.3. The number of carbonyl (C=O) groups is 5. The van der Waals surface area contributed by atoms with Gasteiger partial charge < -0.3 is 42.0 Å². The summed E-state index contributed by atoms with van der Waals surface area (Å²) in [6.45, 7) is 3.23. The Morgan fingerprint density at radius 1 is 0.833 bits per heavy atom. The second kappa shape index (κ2) is 14.1. The van der Waals surface area contributed by atoms with Crippen molar-refractivity contribution in [2.75, 3.05) is 0 Å². The normalized spacial score (nSPS) is 14.0. The molecule has 4 atom stereocenters. The second-order valence-electron chi connectivity index (χ2n) is 10.3. The molecule has 224 valence electrons. The maximum Gasteiger partial charge on any atom is 0.326 e. The number of fused-ring (bicyclic) bond motifs is 1. The standard InChI is InChI=1S/C29H35N5O8/c1-15(2)25(28(40)33-23(29(41)42)13-24(36)37)34-27(39)22(11-16-7-9-18(35)10-8-16)32-26(38)20(30)12-17-14-31-21-6-4-3-5-19(17)21/h3-10,14-15,20,22-23,25,31,35H,11-13,30H2,1-2H3,(H,32,38)(H,33,40)(H,34,39)(H,36,37)(H,41,42). The first-order valence-electron chi connectivity index (χ1n) is 13.3. The fourth-order valence-corrected chi connectivity index (χ4v) is 4.41. The molecule has 3 aromatic rings. The van der Waals surface area contributed by atoms with Gasteiger partial charge in [-0.1, -0.05) is 44.2 Å². The predicted molar refractivity (Wildman–Crippen MR) is 152 cm³/mol. The molecular weight excluding hydrogens is 546 g/mol. The van der Waals surface area contributed by atoms with Crippen LogP contribution in [0.25, 0.3) is 10.9 Å². The number of hydrogen-bond acceptors (Lipinski definition) is 7. The Kier molecular flexibility index (Phi) is 10.6. The summed E-state index contributed by atoms with van der Waals surface area (Å²) in [5, 5.41) is 36.2. The molecule has 13 heteroatoms. The summed E-state index contributed by atoms with van der Waals surface area (Å²) in [6, 6.07) is 8.37. The van der Waals surface area contributed by atoms with E-state index in [0.29, 0.717) is 5.56 Å². The molecule has 1 heterocycles. The van der Waals surface area contributed by atoms with E-state index in [9.17, 15) is 34.2 Å². The Bertz CT molecular complexity index is 1440. The number of H-pyrrole nitrogens is 1. The monoisotopic (exact) mass is 581 g/mol. The minimum absolute atomic E-state index is 0.00965. The van der Waals surface area contributed by atoms with Crippen molar-refractivity contribution in [3.05, 3.63) is 65.9 Å². The molecule has 0 saturated heterocycles. The maximum atomic E-state index is 13.5. The van der Waals surface area contributed by atoms with Crippen molar-refractivity contribution in [2.45, 2.75) is 57.3 Å². The lowest BCUT2D eigenvalue weighted by Gasteiger charge is -2.27. The van der Waals surface area contributed by atoms with Crippen LogP contribution in [0.5, 0.6) is 5.75 Å². The van der Waals surface area contributed by atoms with Crippen LogP contribution in [0.4, 0.5) is 0 Å². The number of benzene rings is 2. The van der Waals surface area contributed by atoms with E-state index in [1.54, 1.807) is 32.2 Å². The van der Waals surface area contributed by atoms with Gasteiger partial charge in [-0.05, 0) is 41.7 Å². The number of para-hydroxylation sites is 1. The molecule has 0 aliphatic heterocycles. The number of carbonyl (C=O) groups excluding carboxylic acids is 3. The van der Waals surface area contributed by atoms with Gasteiger partial charge in [0.05, 0.1) is 12.5 Å². The summed E-state index contributed by atoms with van der Waals surface area (Å²) in [5.41, 5.74) is 8.52. The zero-order valence-corrected chi connectivity index (χ0v) is 23.2. The van der Waals surface area contributed by atoms with Crippen LogP contribution in [0, 0.1) is 5.92 Å². The molecule has 13 nitrogen and oxygen atoms in total. The van der Waals surface area contributed by atoms with Crippen LogP contribution in [0.3, 0.4) is 0 Å². The van der Waals surface area contributed by atoms with Gasteiger partial charge in [-0.25, -0.2) is 4.79 Å². The van der Waals surface area contributed by atoms with Gasteiger partial charge in [0.2, 0.25) is 17.7 Å². The molecule has 0 fully saturated rings. The number of carboxylic acid groups (broad SMARTS) is 2. The highest BCUT2D eigenvalue weighted by molar-refractivity contribution is 5.95. The number of hydrogen-bond donors (Lipinski definition) is 8. The lowest BCUT2D eigenvalue weighted by Crippen LogP contribution is -2.59. The summed E-state index contributed by atoms with van der Waals surface area (Å²) in [7, 11) is 0. The molecule has 0 bridgehead atoms. The number of carboxylic acids is 2. The van der Waals surface area contributed by atoms with Crippen LogP contribution in [-0.2, 0) is 36.8 Å². The topological polar surface area (TPSA) is 224 Å². The van der Waals surface area contributed by atoms with Gasteiger partial charge in [-0.3, -0.25) is 19.2 Å². The van der Waals surface area contributed by atoms with Crippen molar-refractivity contribution in [1.29, 1.82) is 0 Å². The highest BCUT2D eigenvalue weighted by Crippen LogP contribution is 2.19. The number of rotatable bonds is 14. The summed E-state index contributed by atoms with van der Waals surface area (Å²) in [5.74, 6) is -5.72. The third kappa shape index (κ3) is 8.54. The van der Waals surface area contributed by atoms with Crippen molar-refractivity contribution >= 4 is 40.6 Å². The van der Waals surface area contributed by atoms with Crippen molar-refractivity contribution in [2.24, 2.45) is 11.7 Å². The molecule has 0 spiro atoms. The molecule has 0 aliphatic carbocycles. The molecule has 42 heavy (non-hydrogen) atoms. The minimum Gasteiger partial charge on any atom is -0.508 e. The molecule has 1 aromatic heterocycles. The van der Waals surface area contributed by atoms with E-state index in [1.165, 1.54) is 12.1 Å². The summed E-state index contributed by atoms with van der Waals surface area (Å²) < 4.78 is 0. The zero-order valence-electron chi connectivity index (χ0n) is 23.2. The van der Waals surface area contributed by atoms with Crippen molar-refractivity contribution in [3.63, 3.8) is 0 Å². The average Bonchev–Trinajstić information content (AvgIpc) is 3.33. The van der Waals surface area contributed by atoms with E-state index in [2.05, 4.69) is 20.9 Å². The molecule has 9 N–H and O–H groups in total. The van der Waals surface area contributed by atoms with Crippen molar-refractivity contribution in [1.82, 2.24) is 20.9 Å². The fraction of sp³-hybridized carbons (Fsp3) is 0.345. The zero-order chi connectivity index (χ0) is 31.0. The number of aliphatic carboxylic acids is 2. The number of nitrogens with two attached hydrogens (primary N) is 1. The van der Waals surface area contributed by atoms with E-state index >= 15 is 0 Å². The van der Waals surface area contributed by atoms with Crippen LogP contribution in [0.1, 0.15) is 31.4 Å². The molecule has 0 saturated carbocycles. The smallest absolute Gasteiger partial charge is 0.326 e. The molecular formula is C29H35N5O8. The van der Waals surface area contributed by atoms with Crippen LogP contribution in [-0.4, -0.2) is 74.1 Å². The first kappa shape index (κ1) is 31.6. The lowest BCUT2D eigenvalue weighted by molar-refractivity contribution is -0.147. The number of phenols is 1. The van der Waals surface area contributed by atoms with Crippen molar-refractivity contribution in [3.8, 4) is 5.75 Å². The number of aromatic hydroxyl groups is 1. The Balaban J connectivity index is 1.78. The van der Waals surface area contributed by atoms with E-state index in [1.807, 2.05) is 24.3 Å². The average molecular weight is 582 g/mol. The van der Waals surface area contributed by atoms with Crippen LogP contribution in [0.15, 0.2) is 54.7 Å². The Morgan fingerprint density at radius 2 is 1.48 bits per heavy atom. The quantitative estimate of drug-likeness (QED) is 0.134. The maximum absolute atomic E-state index is 13.5. The van der Waals surface area contributed by atoms with Gasteiger partial charge in [-0.2, -0.15) is 0 Å². The number of nitrogens with one attached hydrogen (secondary N) is 4. The fourth-order valence-electron chi connectivity index (χ4n) is 4.41. The van der Waals surface area contributed by atoms with Gasteiger partial charge in [0, 0.05) is 23.5 Å². The molecule has 0 radical (unpaired) electrons. The summed E-state index contributed by atoms with van der Waals surface area (Å²) >= 11 is 0. The SMILES string of the molecule is CC(C)C(NC(=O)C(Cc1ccc(O)cc1)NC(=O)C(N)Cc1c[nH]c2ccccc12)C(=O)NC(CC(=O)O)C(=O)O. The predicted octanol–water partition coefficient (Wildman–Crippen LogP) is 0.656.